The van der Waals surface area contributed by atoms with Crippen molar-refractivity contribution in [3.63, 3.8) is 0 Å². The first kappa shape index (κ1) is 14.8. The van der Waals surface area contributed by atoms with E-state index in [0.29, 0.717) is 22.4 Å². The number of methoxy groups -OCH3 is 1. The topological polar surface area (TPSA) is 18.5 Å². The Morgan fingerprint density at radius 2 is 1.85 bits per heavy atom. The molecule has 2 nitrogen and oxygen atoms in total. The van der Waals surface area contributed by atoms with Crippen LogP contribution in [0.3, 0.4) is 0 Å². The van der Waals surface area contributed by atoms with E-state index in [9.17, 15) is 8.78 Å². The van der Waals surface area contributed by atoms with Crippen LogP contribution in [0.5, 0.6) is 11.5 Å². The largest absolute Gasteiger partial charge is 0.497 e. The van der Waals surface area contributed by atoms with Crippen molar-refractivity contribution in [2.75, 3.05) is 7.11 Å². The summed E-state index contributed by atoms with van der Waals surface area (Å²) in [7, 11) is 1.47. The van der Waals surface area contributed by atoms with Gasteiger partial charge in [-0.05, 0) is 29.8 Å². The van der Waals surface area contributed by atoms with Crippen LogP contribution in [-0.2, 0) is 11.9 Å². The first-order valence-corrected chi connectivity index (χ1v) is 7.05. The van der Waals surface area contributed by atoms with E-state index >= 15 is 0 Å². The van der Waals surface area contributed by atoms with Crippen LogP contribution in [0.15, 0.2) is 36.4 Å². The summed E-state index contributed by atoms with van der Waals surface area (Å²) in [5.41, 5.74) is 1.14. The van der Waals surface area contributed by atoms with Gasteiger partial charge in [0, 0.05) is 23.0 Å². The normalized spacial score (nSPS) is 10.4. The van der Waals surface area contributed by atoms with Gasteiger partial charge in [0.1, 0.15) is 29.7 Å². The minimum absolute atomic E-state index is 0.0288. The van der Waals surface area contributed by atoms with E-state index < -0.39 is 5.82 Å². The quantitative estimate of drug-likeness (QED) is 0.747. The van der Waals surface area contributed by atoms with Crippen LogP contribution < -0.4 is 9.47 Å². The maximum atomic E-state index is 13.7. The van der Waals surface area contributed by atoms with Crippen LogP contribution in [0, 0.1) is 11.6 Å². The minimum Gasteiger partial charge on any atom is -0.497 e. The molecule has 2 rings (SSSR count). The first-order chi connectivity index (χ1) is 9.62. The van der Waals surface area contributed by atoms with Crippen molar-refractivity contribution >= 4 is 15.9 Å². The van der Waals surface area contributed by atoms with E-state index in [0.717, 1.165) is 5.56 Å². The molecule has 0 radical (unpaired) electrons. The lowest BCUT2D eigenvalue weighted by Crippen LogP contribution is -2.00. The van der Waals surface area contributed by atoms with Gasteiger partial charge in [-0.2, -0.15) is 0 Å². The predicted octanol–water partition coefficient (Wildman–Crippen LogP) is 4.45. The third-order valence-electron chi connectivity index (χ3n) is 2.74. The molecule has 0 atom stereocenters. The van der Waals surface area contributed by atoms with Gasteiger partial charge < -0.3 is 9.47 Å². The summed E-state index contributed by atoms with van der Waals surface area (Å²) in [6, 6.07) is 8.91. The molecule has 0 aliphatic rings. The van der Waals surface area contributed by atoms with Gasteiger partial charge >= 0.3 is 0 Å². The zero-order chi connectivity index (χ0) is 14.5. The van der Waals surface area contributed by atoms with Crippen LogP contribution >= 0.6 is 15.9 Å². The van der Waals surface area contributed by atoms with Crippen molar-refractivity contribution in [3.05, 3.63) is 59.2 Å². The molecule has 0 spiro atoms. The van der Waals surface area contributed by atoms with E-state index in [1.807, 2.05) is 0 Å². The maximum absolute atomic E-state index is 13.7. The van der Waals surface area contributed by atoms with Gasteiger partial charge in [-0.1, -0.05) is 15.9 Å². The Hall–Kier alpha value is -1.62. The molecule has 0 fully saturated rings. The van der Waals surface area contributed by atoms with Crippen LogP contribution in [0.2, 0.25) is 0 Å². The SMILES string of the molecule is COc1ccc(COc2cc(F)cc(CBr)c2)c(F)c1. The summed E-state index contributed by atoms with van der Waals surface area (Å²) >= 11 is 3.25. The summed E-state index contributed by atoms with van der Waals surface area (Å²) < 4.78 is 37.4. The average Bonchev–Trinajstić information content (AvgIpc) is 2.45. The van der Waals surface area contributed by atoms with Gasteiger partial charge in [-0.25, -0.2) is 8.78 Å². The standard InChI is InChI=1S/C15H13BrF2O2/c1-19-13-3-2-11(15(18)7-13)9-20-14-5-10(8-16)4-12(17)6-14/h2-7H,8-9H2,1H3. The van der Waals surface area contributed by atoms with E-state index in [1.165, 1.54) is 25.3 Å². The Morgan fingerprint density at radius 1 is 1.05 bits per heavy atom. The van der Waals surface area contributed by atoms with E-state index in [-0.39, 0.29) is 12.4 Å². The maximum Gasteiger partial charge on any atom is 0.133 e. The molecule has 0 aliphatic heterocycles. The molecule has 20 heavy (non-hydrogen) atoms. The summed E-state index contributed by atoms with van der Waals surface area (Å²) in [5.74, 6) is 0.0156. The summed E-state index contributed by atoms with van der Waals surface area (Å²) in [6.07, 6.45) is 0. The number of halogens is 3. The predicted molar refractivity (Wildman–Crippen MR) is 76.3 cm³/mol. The van der Waals surface area contributed by atoms with Crippen molar-refractivity contribution in [3.8, 4) is 11.5 Å². The van der Waals surface area contributed by atoms with Crippen LogP contribution in [0.25, 0.3) is 0 Å². The second kappa shape index (κ2) is 6.70. The molecule has 0 amide bonds. The number of benzene rings is 2. The highest BCUT2D eigenvalue weighted by molar-refractivity contribution is 9.08. The van der Waals surface area contributed by atoms with Crippen molar-refractivity contribution in [1.82, 2.24) is 0 Å². The lowest BCUT2D eigenvalue weighted by molar-refractivity contribution is 0.297. The fourth-order valence-electron chi connectivity index (χ4n) is 1.71. The van der Waals surface area contributed by atoms with E-state index in [2.05, 4.69) is 15.9 Å². The van der Waals surface area contributed by atoms with Gasteiger partial charge in [0.25, 0.3) is 0 Å². The van der Waals surface area contributed by atoms with Crippen LogP contribution in [0.4, 0.5) is 8.78 Å². The molecule has 0 N–H and O–H groups in total. The number of rotatable bonds is 5. The number of alkyl halides is 1. The molecule has 5 heteroatoms. The molecule has 0 aromatic heterocycles. The van der Waals surface area contributed by atoms with Gasteiger partial charge in [-0.3, -0.25) is 0 Å². The molecule has 0 saturated carbocycles. The molecule has 0 saturated heterocycles. The highest BCUT2D eigenvalue weighted by atomic mass is 79.9. The highest BCUT2D eigenvalue weighted by Crippen LogP contribution is 2.21. The van der Waals surface area contributed by atoms with Crippen molar-refractivity contribution in [1.29, 1.82) is 0 Å². The fourth-order valence-corrected chi connectivity index (χ4v) is 2.04. The van der Waals surface area contributed by atoms with Gasteiger partial charge in [0.15, 0.2) is 0 Å². The first-order valence-electron chi connectivity index (χ1n) is 5.93. The molecule has 0 unspecified atom stereocenters. The Kier molecular flexibility index (Phi) is 4.95. The van der Waals surface area contributed by atoms with Crippen molar-refractivity contribution < 1.29 is 18.3 Å². The van der Waals surface area contributed by atoms with Crippen molar-refractivity contribution in [2.24, 2.45) is 0 Å². The van der Waals surface area contributed by atoms with Crippen LogP contribution in [0.1, 0.15) is 11.1 Å². The third-order valence-corrected chi connectivity index (χ3v) is 3.39. The second-order valence-corrected chi connectivity index (χ2v) is 4.74. The lowest BCUT2D eigenvalue weighted by atomic mass is 10.2. The molecule has 2 aromatic rings. The Morgan fingerprint density at radius 3 is 2.50 bits per heavy atom. The molecular weight excluding hydrogens is 330 g/mol. The van der Waals surface area contributed by atoms with Gasteiger partial charge in [-0.15, -0.1) is 0 Å². The Labute approximate surface area is 124 Å². The monoisotopic (exact) mass is 342 g/mol. The Balaban J connectivity index is 2.10. The molecule has 0 aliphatic carbocycles. The van der Waals surface area contributed by atoms with Crippen LogP contribution in [-0.4, -0.2) is 7.11 Å². The smallest absolute Gasteiger partial charge is 0.133 e. The van der Waals surface area contributed by atoms with Gasteiger partial charge in [0.05, 0.1) is 7.11 Å². The lowest BCUT2D eigenvalue weighted by Gasteiger charge is -2.09. The number of hydrogen-bond donors (Lipinski definition) is 0. The molecule has 106 valence electrons. The zero-order valence-electron chi connectivity index (χ0n) is 10.8. The van der Waals surface area contributed by atoms with Gasteiger partial charge in [0.2, 0.25) is 0 Å². The molecule has 0 bridgehead atoms. The molecule has 2 aromatic carbocycles. The summed E-state index contributed by atoms with van der Waals surface area (Å²) in [4.78, 5) is 0. The number of ether oxygens (including phenoxy) is 2. The third kappa shape index (κ3) is 3.70. The van der Waals surface area contributed by atoms with E-state index in [4.69, 9.17) is 9.47 Å². The molecule has 0 heterocycles. The molecular formula is C15H13BrF2O2. The summed E-state index contributed by atoms with van der Waals surface area (Å²) in [5, 5.41) is 0.526. The van der Waals surface area contributed by atoms with E-state index in [1.54, 1.807) is 18.2 Å². The number of hydrogen-bond acceptors (Lipinski definition) is 2. The Bertz CT molecular complexity index is 602. The average molecular weight is 343 g/mol. The minimum atomic E-state index is -0.415. The second-order valence-electron chi connectivity index (χ2n) is 4.17. The summed E-state index contributed by atoms with van der Waals surface area (Å²) in [6.45, 7) is 0.0288. The highest BCUT2D eigenvalue weighted by Gasteiger charge is 2.06. The zero-order valence-corrected chi connectivity index (χ0v) is 12.4. The van der Waals surface area contributed by atoms with Crippen molar-refractivity contribution in [2.45, 2.75) is 11.9 Å². The fraction of sp³-hybridized carbons (Fsp3) is 0.200.